The summed E-state index contributed by atoms with van der Waals surface area (Å²) < 4.78 is 18.0. The van der Waals surface area contributed by atoms with Gasteiger partial charge in [-0.05, 0) is 24.3 Å². The average Bonchev–Trinajstić information content (AvgIpc) is 3.11. The second-order valence-corrected chi connectivity index (χ2v) is 5.06. The SMILES string of the molecule is O=C(CNC(=O)c1cc(-c2ccccc2)on1)c1ccc(F)cc1. The number of carbonyl (C=O) groups is 2. The molecule has 0 bridgehead atoms. The molecule has 1 heterocycles. The minimum absolute atomic E-state index is 0.0840. The molecular weight excluding hydrogens is 311 g/mol. The van der Waals surface area contributed by atoms with Crippen LogP contribution in [0.2, 0.25) is 0 Å². The van der Waals surface area contributed by atoms with Gasteiger partial charge >= 0.3 is 0 Å². The number of benzene rings is 2. The van der Waals surface area contributed by atoms with E-state index in [4.69, 9.17) is 4.52 Å². The lowest BCUT2D eigenvalue weighted by atomic mass is 10.1. The molecule has 1 N–H and O–H groups in total. The zero-order chi connectivity index (χ0) is 16.9. The van der Waals surface area contributed by atoms with Gasteiger partial charge in [0.05, 0.1) is 6.54 Å². The zero-order valence-corrected chi connectivity index (χ0v) is 12.5. The van der Waals surface area contributed by atoms with Gasteiger partial charge in [-0.1, -0.05) is 35.5 Å². The van der Waals surface area contributed by atoms with Crippen LogP contribution < -0.4 is 5.32 Å². The van der Waals surface area contributed by atoms with Crippen molar-refractivity contribution in [1.82, 2.24) is 10.5 Å². The molecule has 3 aromatic rings. The Morgan fingerprint density at radius 1 is 1.04 bits per heavy atom. The van der Waals surface area contributed by atoms with Crippen molar-refractivity contribution in [3.05, 3.63) is 77.7 Å². The number of rotatable bonds is 5. The van der Waals surface area contributed by atoms with Crippen molar-refractivity contribution in [2.45, 2.75) is 0 Å². The lowest BCUT2D eigenvalue weighted by Crippen LogP contribution is -2.29. The molecule has 120 valence electrons. The number of carbonyl (C=O) groups excluding carboxylic acids is 2. The summed E-state index contributed by atoms with van der Waals surface area (Å²) in [6.07, 6.45) is 0. The third-order valence-electron chi connectivity index (χ3n) is 3.38. The molecule has 0 fully saturated rings. The Labute approximate surface area is 137 Å². The molecule has 1 amide bonds. The Morgan fingerprint density at radius 3 is 2.46 bits per heavy atom. The van der Waals surface area contributed by atoms with Gasteiger partial charge in [0, 0.05) is 17.2 Å². The van der Waals surface area contributed by atoms with E-state index in [9.17, 15) is 14.0 Å². The fraction of sp³-hybridized carbons (Fsp3) is 0.0556. The van der Waals surface area contributed by atoms with Crippen LogP contribution in [0.1, 0.15) is 20.8 Å². The third-order valence-corrected chi connectivity index (χ3v) is 3.38. The number of halogens is 1. The van der Waals surface area contributed by atoms with E-state index in [0.717, 1.165) is 5.56 Å². The summed E-state index contributed by atoms with van der Waals surface area (Å²) in [4.78, 5) is 24.0. The van der Waals surface area contributed by atoms with Gasteiger partial charge in [-0.3, -0.25) is 9.59 Å². The minimum atomic E-state index is -0.517. The molecule has 0 spiro atoms. The number of nitrogens with zero attached hydrogens (tertiary/aromatic N) is 1. The Hall–Kier alpha value is -3.28. The monoisotopic (exact) mass is 324 g/mol. The van der Waals surface area contributed by atoms with Crippen LogP contribution in [0.5, 0.6) is 0 Å². The lowest BCUT2D eigenvalue weighted by molar-refractivity contribution is 0.0898. The molecule has 0 aliphatic carbocycles. The molecule has 0 aliphatic heterocycles. The number of amides is 1. The van der Waals surface area contributed by atoms with Crippen molar-refractivity contribution in [2.24, 2.45) is 0 Å². The van der Waals surface area contributed by atoms with Crippen molar-refractivity contribution in [1.29, 1.82) is 0 Å². The predicted molar refractivity (Wildman–Crippen MR) is 85.0 cm³/mol. The molecule has 6 heteroatoms. The number of ketones is 1. The molecular formula is C18H13FN2O3. The second-order valence-electron chi connectivity index (χ2n) is 5.06. The summed E-state index contributed by atoms with van der Waals surface area (Å²) >= 11 is 0. The maximum absolute atomic E-state index is 12.8. The van der Waals surface area contributed by atoms with E-state index in [1.807, 2.05) is 30.3 Å². The summed E-state index contributed by atoms with van der Waals surface area (Å²) in [6.45, 7) is -0.210. The highest BCUT2D eigenvalue weighted by Gasteiger charge is 2.15. The van der Waals surface area contributed by atoms with E-state index < -0.39 is 11.7 Å². The van der Waals surface area contributed by atoms with Gasteiger partial charge in [0.1, 0.15) is 5.82 Å². The molecule has 3 rings (SSSR count). The molecule has 0 aliphatic rings. The van der Waals surface area contributed by atoms with E-state index in [-0.39, 0.29) is 18.0 Å². The summed E-state index contributed by atoms with van der Waals surface area (Å²) in [5.74, 6) is -0.802. The fourth-order valence-corrected chi connectivity index (χ4v) is 2.11. The largest absolute Gasteiger partial charge is 0.355 e. The van der Waals surface area contributed by atoms with Crippen LogP contribution in [-0.4, -0.2) is 23.4 Å². The van der Waals surface area contributed by atoms with Crippen LogP contribution >= 0.6 is 0 Å². The highest BCUT2D eigenvalue weighted by Crippen LogP contribution is 2.19. The van der Waals surface area contributed by atoms with Crippen LogP contribution in [0, 0.1) is 5.82 Å². The molecule has 24 heavy (non-hydrogen) atoms. The van der Waals surface area contributed by atoms with Crippen molar-refractivity contribution >= 4 is 11.7 Å². The van der Waals surface area contributed by atoms with Crippen molar-refractivity contribution < 1.29 is 18.5 Å². The second kappa shape index (κ2) is 6.87. The maximum atomic E-state index is 12.8. The first-order valence-electron chi connectivity index (χ1n) is 7.22. The first-order chi connectivity index (χ1) is 11.6. The number of nitrogens with one attached hydrogen (secondary N) is 1. The van der Waals surface area contributed by atoms with Crippen LogP contribution in [0.3, 0.4) is 0 Å². The lowest BCUT2D eigenvalue weighted by Gasteiger charge is -2.02. The molecule has 5 nitrogen and oxygen atoms in total. The fourth-order valence-electron chi connectivity index (χ4n) is 2.11. The van der Waals surface area contributed by atoms with E-state index >= 15 is 0 Å². The van der Waals surface area contributed by atoms with E-state index in [1.165, 1.54) is 30.3 Å². The Balaban J connectivity index is 1.62. The molecule has 1 aromatic heterocycles. The van der Waals surface area contributed by atoms with Crippen LogP contribution in [0.25, 0.3) is 11.3 Å². The first kappa shape index (κ1) is 15.6. The molecule has 0 saturated carbocycles. The van der Waals surface area contributed by atoms with E-state index in [1.54, 1.807) is 0 Å². The van der Waals surface area contributed by atoms with Gasteiger partial charge in [-0.25, -0.2) is 4.39 Å². The molecule has 2 aromatic carbocycles. The van der Waals surface area contributed by atoms with E-state index in [0.29, 0.717) is 11.3 Å². The summed E-state index contributed by atoms with van der Waals surface area (Å²) in [6, 6.07) is 15.9. The van der Waals surface area contributed by atoms with Crippen molar-refractivity contribution in [3.8, 4) is 11.3 Å². The summed E-state index contributed by atoms with van der Waals surface area (Å²) in [7, 11) is 0. The molecule has 0 atom stereocenters. The average molecular weight is 324 g/mol. The van der Waals surface area contributed by atoms with E-state index in [2.05, 4.69) is 10.5 Å². The van der Waals surface area contributed by atoms with Gasteiger partial charge in [-0.15, -0.1) is 0 Å². The highest BCUT2D eigenvalue weighted by molar-refractivity contribution is 6.01. The smallest absolute Gasteiger partial charge is 0.273 e. The van der Waals surface area contributed by atoms with Gasteiger partial charge in [0.15, 0.2) is 17.2 Å². The number of aromatic nitrogens is 1. The summed E-state index contributed by atoms with van der Waals surface area (Å²) in [5, 5.41) is 6.18. The van der Waals surface area contributed by atoms with Gasteiger partial charge in [-0.2, -0.15) is 0 Å². The van der Waals surface area contributed by atoms with Gasteiger partial charge < -0.3 is 9.84 Å². The van der Waals surface area contributed by atoms with Crippen LogP contribution in [-0.2, 0) is 0 Å². The van der Waals surface area contributed by atoms with Crippen molar-refractivity contribution in [2.75, 3.05) is 6.54 Å². The predicted octanol–water partition coefficient (Wildman–Crippen LogP) is 3.09. The van der Waals surface area contributed by atoms with Crippen molar-refractivity contribution in [3.63, 3.8) is 0 Å². The topological polar surface area (TPSA) is 72.2 Å². The Kier molecular flexibility index (Phi) is 4.47. The normalized spacial score (nSPS) is 10.4. The zero-order valence-electron chi connectivity index (χ0n) is 12.5. The standard InChI is InChI=1S/C18H13FN2O3/c19-14-8-6-12(7-9-14)16(22)11-20-18(23)15-10-17(24-21-15)13-4-2-1-3-5-13/h1-10H,11H2,(H,20,23). The van der Waals surface area contributed by atoms with Gasteiger partial charge in [0.2, 0.25) is 0 Å². The van der Waals surface area contributed by atoms with Gasteiger partial charge in [0.25, 0.3) is 5.91 Å². The highest BCUT2D eigenvalue weighted by atomic mass is 19.1. The molecule has 0 unspecified atom stereocenters. The number of Topliss-reactive ketones (excluding diaryl/α,β-unsaturated/α-hetero) is 1. The Morgan fingerprint density at radius 2 is 1.75 bits per heavy atom. The molecule has 0 radical (unpaired) electrons. The summed E-state index contributed by atoms with van der Waals surface area (Å²) in [5.41, 5.74) is 1.20. The number of hydrogen-bond acceptors (Lipinski definition) is 4. The maximum Gasteiger partial charge on any atom is 0.273 e. The van der Waals surface area contributed by atoms with Crippen LogP contribution in [0.4, 0.5) is 4.39 Å². The van der Waals surface area contributed by atoms with Crippen LogP contribution in [0.15, 0.2) is 65.2 Å². The minimum Gasteiger partial charge on any atom is -0.355 e. The number of hydrogen-bond donors (Lipinski definition) is 1. The first-order valence-corrected chi connectivity index (χ1v) is 7.22. The quantitative estimate of drug-likeness (QED) is 0.732. The Bertz CT molecular complexity index is 857. The molecule has 0 saturated heterocycles. The third kappa shape index (κ3) is 3.55.